The van der Waals surface area contributed by atoms with Crippen LogP contribution in [0.3, 0.4) is 0 Å². The van der Waals surface area contributed by atoms with E-state index in [0.717, 1.165) is 62.7 Å². The van der Waals surface area contributed by atoms with Gasteiger partial charge in [-0.1, -0.05) is 0 Å². The predicted octanol–water partition coefficient (Wildman–Crippen LogP) is -0.831. The lowest BCUT2D eigenvalue weighted by molar-refractivity contribution is -0.291. The van der Waals surface area contributed by atoms with Crippen LogP contribution in [0.4, 0.5) is 0 Å². The van der Waals surface area contributed by atoms with Crippen molar-refractivity contribution in [1.82, 2.24) is 4.90 Å². The smallest absolute Gasteiger partial charge is 0.377 e. The van der Waals surface area contributed by atoms with Crippen LogP contribution in [0.5, 0.6) is 0 Å². The molecule has 2 aliphatic rings. The molecule has 0 aromatic rings. The van der Waals surface area contributed by atoms with Crippen molar-refractivity contribution >= 4 is 47.6 Å². The Balaban J connectivity index is 2.93. The molecular formula is C28H37NO18. The largest absolute Gasteiger partial charge is 0.463 e. The molecule has 19 nitrogen and oxygen atoms in total. The van der Waals surface area contributed by atoms with Crippen molar-refractivity contribution in [2.45, 2.75) is 97.6 Å². The van der Waals surface area contributed by atoms with Crippen LogP contribution in [0.1, 0.15) is 48.5 Å². The molecule has 19 heteroatoms. The van der Waals surface area contributed by atoms with E-state index in [0.29, 0.717) is 4.90 Å². The Hall–Kier alpha value is -4.78. The lowest BCUT2D eigenvalue weighted by Crippen LogP contribution is -2.68. The monoisotopic (exact) mass is 675 g/mol. The van der Waals surface area contributed by atoms with E-state index < -0.39 is 115 Å². The van der Waals surface area contributed by atoms with E-state index in [4.69, 9.17) is 47.4 Å². The Morgan fingerprint density at radius 3 is 1.62 bits per heavy atom. The van der Waals surface area contributed by atoms with Crippen LogP contribution in [0.15, 0.2) is 11.5 Å². The number of esters is 6. The summed E-state index contributed by atoms with van der Waals surface area (Å²) < 4.78 is 54.3. The minimum atomic E-state index is -1.99. The highest BCUT2D eigenvalue weighted by molar-refractivity contribution is 5.93. The van der Waals surface area contributed by atoms with Crippen molar-refractivity contribution in [3.63, 3.8) is 0 Å². The Morgan fingerprint density at radius 1 is 0.660 bits per heavy atom. The van der Waals surface area contributed by atoms with Crippen LogP contribution < -0.4 is 0 Å². The van der Waals surface area contributed by atoms with Gasteiger partial charge in [-0.25, -0.2) is 4.79 Å². The molecule has 0 spiro atoms. The first-order valence-corrected chi connectivity index (χ1v) is 13.9. The summed E-state index contributed by atoms with van der Waals surface area (Å²) >= 11 is 0. The average molecular weight is 676 g/mol. The van der Waals surface area contributed by atoms with Gasteiger partial charge in [0.2, 0.25) is 42.4 Å². The Morgan fingerprint density at radius 2 is 1.17 bits per heavy atom. The molecule has 0 aromatic carbocycles. The second kappa shape index (κ2) is 16.7. The number of rotatable bonds is 11. The van der Waals surface area contributed by atoms with Gasteiger partial charge >= 0.3 is 35.8 Å². The number of ether oxygens (including phenoxy) is 10. The maximum Gasteiger partial charge on any atom is 0.377 e. The van der Waals surface area contributed by atoms with Crippen molar-refractivity contribution in [2.75, 3.05) is 20.8 Å². The Kier molecular flexibility index (Phi) is 13.6. The number of amides is 2. The van der Waals surface area contributed by atoms with Gasteiger partial charge in [-0.15, -0.1) is 0 Å². The lowest BCUT2D eigenvalue weighted by Gasteiger charge is -2.48. The van der Waals surface area contributed by atoms with E-state index in [-0.39, 0.29) is 0 Å². The third kappa shape index (κ3) is 9.85. The van der Waals surface area contributed by atoms with Gasteiger partial charge in [0.1, 0.15) is 18.8 Å². The van der Waals surface area contributed by atoms with Crippen LogP contribution in [-0.4, -0.2) is 122 Å². The van der Waals surface area contributed by atoms with E-state index in [2.05, 4.69) is 0 Å². The molecule has 2 rings (SSSR count). The molecule has 0 radical (unpaired) electrons. The number of imide groups is 1. The molecule has 0 aliphatic carbocycles. The molecule has 8 atom stereocenters. The highest BCUT2D eigenvalue weighted by Crippen LogP contribution is 2.37. The normalized spacial score (nSPS) is 26.8. The first kappa shape index (κ1) is 38.4. The molecule has 2 amide bonds. The van der Waals surface area contributed by atoms with Gasteiger partial charge in [0, 0.05) is 55.6 Å². The average Bonchev–Trinajstić information content (AvgIpc) is 2.94. The molecule has 0 saturated carbocycles. The maximum atomic E-state index is 13.0. The summed E-state index contributed by atoms with van der Waals surface area (Å²) in [6, 6.07) is -1.80. The fourth-order valence-electron chi connectivity index (χ4n) is 4.84. The van der Waals surface area contributed by atoms with E-state index in [9.17, 15) is 38.4 Å². The third-order valence-electron chi connectivity index (χ3n) is 6.37. The minimum Gasteiger partial charge on any atom is -0.463 e. The summed E-state index contributed by atoms with van der Waals surface area (Å²) in [4.78, 5) is 99.9. The second-order valence-corrected chi connectivity index (χ2v) is 10.0. The molecule has 0 bridgehead atoms. The molecule has 2 aliphatic heterocycles. The zero-order valence-electron chi connectivity index (χ0n) is 27.1. The Bertz CT molecular complexity index is 1280. The fraction of sp³-hybridized carbons (Fsp3) is 0.643. The number of carbonyl (C=O) groups is 8. The van der Waals surface area contributed by atoms with Crippen molar-refractivity contribution in [2.24, 2.45) is 0 Å². The van der Waals surface area contributed by atoms with Gasteiger partial charge in [-0.2, -0.15) is 0 Å². The third-order valence-corrected chi connectivity index (χ3v) is 6.37. The molecule has 0 unspecified atom stereocenters. The summed E-state index contributed by atoms with van der Waals surface area (Å²) in [7, 11) is 2.10. The van der Waals surface area contributed by atoms with E-state index in [1.165, 1.54) is 0 Å². The van der Waals surface area contributed by atoms with Crippen LogP contribution >= 0.6 is 0 Å². The molecule has 1 fully saturated rings. The molecule has 262 valence electrons. The summed E-state index contributed by atoms with van der Waals surface area (Å²) in [6.45, 7) is 6.39. The van der Waals surface area contributed by atoms with Gasteiger partial charge in [0.25, 0.3) is 0 Å². The Labute approximate surface area is 268 Å². The fourth-order valence-corrected chi connectivity index (χ4v) is 4.84. The van der Waals surface area contributed by atoms with Crippen molar-refractivity contribution < 1.29 is 85.7 Å². The highest BCUT2D eigenvalue weighted by Gasteiger charge is 2.57. The van der Waals surface area contributed by atoms with Gasteiger partial charge in [-0.3, -0.25) is 38.5 Å². The number of carbonyl (C=O) groups excluding carboxylic acids is 8. The van der Waals surface area contributed by atoms with Crippen molar-refractivity contribution in [3.8, 4) is 0 Å². The molecule has 1 saturated heterocycles. The van der Waals surface area contributed by atoms with Crippen LogP contribution in [0.2, 0.25) is 0 Å². The summed E-state index contributed by atoms with van der Waals surface area (Å²) in [5.41, 5.74) is 0. The number of nitrogens with zero attached hydrogens (tertiary/aromatic N) is 1. The standard InChI is InChI=1S/C28H37NO18/c1-11(30)29(12(2)31)19-21(42-15(5)34)20(41-14(4)33)18(10-40-13(3)32)45-27(19)46-22-23(43-16(6)35)25(44-17(7)36)28(39-9)47-24(22)26(37)38-8/h18-21,23,25,27-28H,10H2,1-9H3/t18-,19-,20+,21-,23+,25-,27+,28-/m1/s1. The predicted molar refractivity (Wildman–Crippen MR) is 147 cm³/mol. The van der Waals surface area contributed by atoms with E-state index in [1.54, 1.807) is 0 Å². The zero-order chi connectivity index (χ0) is 35.7. The summed E-state index contributed by atoms with van der Waals surface area (Å²) in [5.74, 6) is -9.11. The summed E-state index contributed by atoms with van der Waals surface area (Å²) in [6.07, 6.45) is -11.9. The summed E-state index contributed by atoms with van der Waals surface area (Å²) in [5, 5.41) is 0. The van der Waals surface area contributed by atoms with Gasteiger partial charge in [0.15, 0.2) is 18.0 Å². The molecular weight excluding hydrogens is 638 g/mol. The maximum absolute atomic E-state index is 13.0. The van der Waals surface area contributed by atoms with Gasteiger partial charge in [0.05, 0.1) is 7.11 Å². The quantitative estimate of drug-likeness (QED) is 0.192. The first-order valence-electron chi connectivity index (χ1n) is 13.9. The number of hydrogen-bond donors (Lipinski definition) is 0. The van der Waals surface area contributed by atoms with Gasteiger partial charge in [-0.05, 0) is 0 Å². The number of hydrogen-bond acceptors (Lipinski definition) is 18. The highest BCUT2D eigenvalue weighted by atomic mass is 16.7. The minimum absolute atomic E-state index is 0.571. The van der Waals surface area contributed by atoms with E-state index >= 15 is 0 Å². The van der Waals surface area contributed by atoms with Crippen LogP contribution in [0.25, 0.3) is 0 Å². The van der Waals surface area contributed by atoms with Crippen molar-refractivity contribution in [3.05, 3.63) is 11.5 Å². The first-order chi connectivity index (χ1) is 21.9. The molecule has 0 aromatic heterocycles. The second-order valence-electron chi connectivity index (χ2n) is 10.0. The number of methoxy groups -OCH3 is 2. The van der Waals surface area contributed by atoms with Crippen molar-refractivity contribution in [1.29, 1.82) is 0 Å². The van der Waals surface area contributed by atoms with Gasteiger partial charge < -0.3 is 47.4 Å². The molecule has 0 N–H and O–H groups in total. The van der Waals surface area contributed by atoms with Crippen LogP contribution in [0, 0.1) is 0 Å². The topological polar surface area (TPSA) is 232 Å². The molecule has 2 heterocycles. The van der Waals surface area contributed by atoms with Crippen LogP contribution in [-0.2, 0) is 85.7 Å². The van der Waals surface area contributed by atoms with E-state index in [1.807, 2.05) is 0 Å². The molecule has 47 heavy (non-hydrogen) atoms. The lowest BCUT2D eigenvalue weighted by atomic mass is 9.94. The SMILES string of the molecule is COC(=O)C1=C(O[C@@H]2O[C@H](COC(C)=O)[C@H](OC(C)=O)[C@H](OC(C)=O)[C@H]2N(C(C)=O)C(C)=O)[C@H](OC(C)=O)[C@@H](OC(C)=O)[C@H](OC)O1. The zero-order valence-corrected chi connectivity index (χ0v) is 27.1.